The molecule has 3 rings (SSSR count). The normalized spacial score (nSPS) is 12.0. The summed E-state index contributed by atoms with van der Waals surface area (Å²) in [5, 5.41) is 16.3. The topological polar surface area (TPSA) is 88.9 Å². The number of anilines is 1. The van der Waals surface area contributed by atoms with E-state index in [-0.39, 0.29) is 28.5 Å². The van der Waals surface area contributed by atoms with Crippen LogP contribution in [0.15, 0.2) is 41.6 Å². The van der Waals surface area contributed by atoms with Gasteiger partial charge in [0.1, 0.15) is 0 Å². The van der Waals surface area contributed by atoms with E-state index >= 15 is 0 Å². The monoisotopic (exact) mass is 573 g/mol. The molecule has 0 bridgehead atoms. The third kappa shape index (κ3) is 7.51. The molecule has 0 saturated heterocycles. The third-order valence-electron chi connectivity index (χ3n) is 4.91. The number of thioether (sulfide) groups is 1. The quantitative estimate of drug-likeness (QED) is 0.278. The Morgan fingerprint density at radius 2 is 1.66 bits per heavy atom. The summed E-state index contributed by atoms with van der Waals surface area (Å²) in [4.78, 5) is 25.3. The van der Waals surface area contributed by atoms with Crippen LogP contribution in [0.1, 0.15) is 42.5 Å². The number of rotatable bonds is 9. The highest BCUT2D eigenvalue weighted by Crippen LogP contribution is 2.28. The molecular weight excluding hydrogens is 552 g/mol. The number of nitrogens with one attached hydrogen (secondary N) is 2. The summed E-state index contributed by atoms with van der Waals surface area (Å²) in [7, 11) is 1.79. The lowest BCUT2D eigenvalue weighted by atomic mass is 10.0. The zero-order valence-corrected chi connectivity index (χ0v) is 23.0. The van der Waals surface area contributed by atoms with E-state index in [1.807, 2.05) is 13.8 Å². The predicted molar refractivity (Wildman–Crippen MR) is 143 cm³/mol. The molecule has 0 aliphatic carbocycles. The fourth-order valence-corrected chi connectivity index (χ4v) is 4.94. The minimum atomic E-state index is -0.414. The average Bonchev–Trinajstić information content (AvgIpc) is 3.13. The molecule has 0 saturated carbocycles. The number of carbonyl (C=O) groups excluding carboxylic acids is 2. The second-order valence-electron chi connectivity index (χ2n) is 8.14. The minimum Gasteiger partial charge on any atom is -0.342 e. The number of hydrogen-bond acceptors (Lipinski definition) is 5. The molecule has 0 fully saturated rings. The first-order valence-corrected chi connectivity index (χ1v) is 13.1. The smallest absolute Gasteiger partial charge is 0.253 e. The van der Waals surface area contributed by atoms with E-state index in [2.05, 4.69) is 20.8 Å². The number of aromatic nitrogens is 3. The molecule has 1 heterocycles. The van der Waals surface area contributed by atoms with Gasteiger partial charge in [0.25, 0.3) is 5.91 Å². The van der Waals surface area contributed by atoms with Crippen LogP contribution >= 0.6 is 58.2 Å². The van der Waals surface area contributed by atoms with E-state index in [1.165, 1.54) is 17.8 Å². The zero-order valence-electron chi connectivity index (χ0n) is 19.1. The fourth-order valence-electron chi connectivity index (χ4n) is 3.27. The van der Waals surface area contributed by atoms with Crippen molar-refractivity contribution in [3.63, 3.8) is 0 Å². The predicted octanol–water partition coefficient (Wildman–Crippen LogP) is 6.68. The molecule has 35 heavy (non-hydrogen) atoms. The standard InChI is InChI=1S/C23H23Cl4N5O2S/c1-12(2)8-19(29-22(34)15-6-4-13(24)9-16(15)26)21-30-31-23(32(21)3)35-11-20(33)28-18-7-5-14(25)10-17(18)27/h4-7,9-10,12,19H,8,11H2,1-3H3,(H,28,33)(H,29,34)/t19-/m1/s1. The van der Waals surface area contributed by atoms with Gasteiger partial charge in [0.05, 0.1) is 33.1 Å². The molecule has 3 aromatic rings. The van der Waals surface area contributed by atoms with E-state index in [9.17, 15) is 9.59 Å². The maximum atomic E-state index is 12.9. The van der Waals surface area contributed by atoms with Crippen LogP contribution in [0.2, 0.25) is 20.1 Å². The van der Waals surface area contributed by atoms with Crippen molar-refractivity contribution < 1.29 is 9.59 Å². The maximum absolute atomic E-state index is 12.9. The lowest BCUT2D eigenvalue weighted by Gasteiger charge is -2.20. The lowest BCUT2D eigenvalue weighted by molar-refractivity contribution is -0.113. The van der Waals surface area contributed by atoms with Crippen molar-refractivity contribution in [3.8, 4) is 0 Å². The Morgan fingerprint density at radius 3 is 2.29 bits per heavy atom. The van der Waals surface area contributed by atoms with Crippen molar-refractivity contribution in [2.24, 2.45) is 13.0 Å². The first kappa shape index (κ1) is 27.6. The van der Waals surface area contributed by atoms with Gasteiger partial charge in [-0.25, -0.2) is 0 Å². The molecule has 0 aliphatic rings. The Bertz CT molecular complexity index is 1230. The minimum absolute atomic E-state index is 0.0898. The van der Waals surface area contributed by atoms with Crippen molar-refractivity contribution >= 4 is 75.7 Å². The highest BCUT2D eigenvalue weighted by molar-refractivity contribution is 7.99. The molecule has 0 spiro atoms. The number of carbonyl (C=O) groups is 2. The van der Waals surface area contributed by atoms with Gasteiger partial charge >= 0.3 is 0 Å². The summed E-state index contributed by atoms with van der Waals surface area (Å²) in [5.74, 6) is 0.332. The van der Waals surface area contributed by atoms with Crippen LogP contribution in [-0.4, -0.2) is 32.3 Å². The lowest BCUT2D eigenvalue weighted by Crippen LogP contribution is -2.31. The van der Waals surface area contributed by atoms with Gasteiger partial charge in [-0.2, -0.15) is 0 Å². The summed E-state index contributed by atoms with van der Waals surface area (Å²) in [6, 6.07) is 9.14. The molecule has 0 unspecified atom stereocenters. The summed E-state index contributed by atoms with van der Waals surface area (Å²) < 4.78 is 1.77. The van der Waals surface area contributed by atoms with Gasteiger partial charge in [-0.1, -0.05) is 72.0 Å². The van der Waals surface area contributed by atoms with Crippen molar-refractivity contribution in [2.75, 3.05) is 11.1 Å². The second kappa shape index (κ2) is 12.3. The summed E-state index contributed by atoms with van der Waals surface area (Å²) in [6.07, 6.45) is 0.628. The Labute approximate surface area is 227 Å². The second-order valence-corrected chi connectivity index (χ2v) is 10.8. The van der Waals surface area contributed by atoms with Gasteiger partial charge in [0, 0.05) is 17.1 Å². The highest BCUT2D eigenvalue weighted by Gasteiger charge is 2.24. The van der Waals surface area contributed by atoms with Gasteiger partial charge < -0.3 is 15.2 Å². The van der Waals surface area contributed by atoms with Gasteiger partial charge in [0.15, 0.2) is 11.0 Å². The molecule has 7 nitrogen and oxygen atoms in total. The summed E-state index contributed by atoms with van der Waals surface area (Å²) in [5.41, 5.74) is 0.792. The van der Waals surface area contributed by atoms with E-state index in [0.29, 0.717) is 43.7 Å². The largest absolute Gasteiger partial charge is 0.342 e. The maximum Gasteiger partial charge on any atom is 0.253 e. The van der Waals surface area contributed by atoms with E-state index in [1.54, 1.807) is 41.9 Å². The van der Waals surface area contributed by atoms with Crippen molar-refractivity contribution in [2.45, 2.75) is 31.5 Å². The van der Waals surface area contributed by atoms with Gasteiger partial charge in [0.2, 0.25) is 5.91 Å². The van der Waals surface area contributed by atoms with Crippen molar-refractivity contribution in [3.05, 3.63) is 67.9 Å². The first-order chi connectivity index (χ1) is 16.5. The number of nitrogens with zero attached hydrogens (tertiary/aromatic N) is 3. The van der Waals surface area contributed by atoms with Crippen molar-refractivity contribution in [1.29, 1.82) is 0 Å². The fraction of sp³-hybridized carbons (Fsp3) is 0.304. The third-order valence-corrected chi connectivity index (χ3v) is 7.02. The number of benzene rings is 2. The van der Waals surface area contributed by atoms with E-state index in [4.69, 9.17) is 46.4 Å². The Hall–Kier alpha value is -1.97. The van der Waals surface area contributed by atoms with E-state index in [0.717, 1.165) is 0 Å². The van der Waals surface area contributed by atoms with Crippen LogP contribution in [0.4, 0.5) is 5.69 Å². The van der Waals surface area contributed by atoms with Gasteiger partial charge in [-0.15, -0.1) is 10.2 Å². The molecule has 1 atom stereocenters. The molecule has 0 radical (unpaired) electrons. The zero-order chi connectivity index (χ0) is 25.7. The van der Waals surface area contributed by atoms with Crippen LogP contribution in [-0.2, 0) is 11.8 Å². The van der Waals surface area contributed by atoms with E-state index < -0.39 is 6.04 Å². The summed E-state index contributed by atoms with van der Waals surface area (Å²) >= 11 is 25.4. The summed E-state index contributed by atoms with van der Waals surface area (Å²) in [6.45, 7) is 4.10. The Balaban J connectivity index is 1.70. The Morgan fingerprint density at radius 1 is 1.00 bits per heavy atom. The van der Waals surface area contributed by atoms with Crippen LogP contribution < -0.4 is 10.6 Å². The highest BCUT2D eigenvalue weighted by atomic mass is 35.5. The molecule has 0 aliphatic heterocycles. The molecule has 2 aromatic carbocycles. The van der Waals surface area contributed by atoms with Crippen LogP contribution in [0, 0.1) is 5.92 Å². The van der Waals surface area contributed by atoms with Crippen LogP contribution in [0.3, 0.4) is 0 Å². The average molecular weight is 575 g/mol. The molecule has 2 amide bonds. The van der Waals surface area contributed by atoms with Crippen LogP contribution in [0.5, 0.6) is 0 Å². The van der Waals surface area contributed by atoms with Gasteiger partial charge in [-0.05, 0) is 48.7 Å². The molecule has 186 valence electrons. The first-order valence-electron chi connectivity index (χ1n) is 10.6. The van der Waals surface area contributed by atoms with Gasteiger partial charge in [-0.3, -0.25) is 9.59 Å². The molecule has 1 aromatic heterocycles. The Kier molecular flexibility index (Phi) is 9.72. The molecular formula is C23H23Cl4N5O2S. The number of hydrogen-bond donors (Lipinski definition) is 2. The molecule has 12 heteroatoms. The molecule has 2 N–H and O–H groups in total. The van der Waals surface area contributed by atoms with Crippen molar-refractivity contribution in [1.82, 2.24) is 20.1 Å². The number of amides is 2. The number of halogens is 4. The SMILES string of the molecule is CC(C)C[C@@H](NC(=O)c1ccc(Cl)cc1Cl)c1nnc(SCC(=O)Nc2ccc(Cl)cc2Cl)n1C. The van der Waals surface area contributed by atoms with Crippen LogP contribution in [0.25, 0.3) is 0 Å².